The molecule has 0 bridgehead atoms. The number of aromatic nitrogens is 2. The Morgan fingerprint density at radius 1 is 0.800 bits per heavy atom. The van der Waals surface area contributed by atoms with Crippen molar-refractivity contribution in [1.29, 1.82) is 0 Å². The van der Waals surface area contributed by atoms with Gasteiger partial charge in [0.2, 0.25) is 10.3 Å². The number of thiazole rings is 2. The number of rotatable bonds is 8. The van der Waals surface area contributed by atoms with Crippen LogP contribution in [-0.2, 0) is 6.42 Å². The Hall–Kier alpha value is -3.58. The summed E-state index contributed by atoms with van der Waals surface area (Å²) in [6.07, 6.45) is 6.98. The zero-order valence-corrected chi connectivity index (χ0v) is 20.5. The molecule has 0 amide bonds. The molecule has 14 heteroatoms. The Morgan fingerprint density at radius 3 is 1.63 bits per heavy atom. The third-order valence-electron chi connectivity index (χ3n) is 4.41. The first kappa shape index (κ1) is 24.5. The third-order valence-corrected chi connectivity index (χ3v) is 6.86. The van der Waals surface area contributed by atoms with Crippen LogP contribution in [0.25, 0.3) is 0 Å². The maximum absolute atomic E-state index is 11.0. The molecule has 0 aliphatic heterocycles. The highest BCUT2D eigenvalue weighted by atomic mass is 35.5. The molecule has 0 aliphatic rings. The smallest absolute Gasteiger partial charge is 0.258 e. The van der Waals surface area contributed by atoms with Crippen LogP contribution < -0.4 is 0 Å². The molecule has 2 aromatic carbocycles. The minimum Gasteiger partial charge on any atom is -0.258 e. The van der Waals surface area contributed by atoms with Crippen LogP contribution >= 0.6 is 45.9 Å². The standard InChI is InChI=1S/C21H12Cl2N6O4S2/c22-16-3-1-12(5-18(16)28(30)31)8-24-20-26-10-14(34-20)7-15-11-27-21(35-15)25-9-13-2-4-17(23)19(6-13)29(32)33/h1-6,8-11H,7H2/b24-8+,25-9+. The van der Waals surface area contributed by atoms with E-state index in [2.05, 4.69) is 20.0 Å². The van der Waals surface area contributed by atoms with Gasteiger partial charge in [-0.25, -0.2) is 20.0 Å². The van der Waals surface area contributed by atoms with Gasteiger partial charge in [-0.15, -0.1) is 0 Å². The average Bonchev–Trinajstić information content (AvgIpc) is 3.47. The predicted molar refractivity (Wildman–Crippen MR) is 138 cm³/mol. The van der Waals surface area contributed by atoms with Gasteiger partial charge in [0.1, 0.15) is 10.0 Å². The molecule has 4 rings (SSSR count). The van der Waals surface area contributed by atoms with Crippen LogP contribution in [0.5, 0.6) is 0 Å². The summed E-state index contributed by atoms with van der Waals surface area (Å²) in [6.45, 7) is 0. The van der Waals surface area contributed by atoms with Gasteiger partial charge in [0.15, 0.2) is 0 Å². The van der Waals surface area contributed by atoms with Gasteiger partial charge in [-0.3, -0.25) is 20.2 Å². The van der Waals surface area contributed by atoms with E-state index in [1.165, 1.54) is 59.4 Å². The van der Waals surface area contributed by atoms with Gasteiger partial charge in [-0.05, 0) is 23.3 Å². The molecular weight excluding hydrogens is 535 g/mol. The Balaban J connectivity index is 1.40. The Labute approximate surface area is 215 Å². The lowest BCUT2D eigenvalue weighted by Crippen LogP contribution is -1.91. The highest BCUT2D eigenvalue weighted by Crippen LogP contribution is 2.29. The van der Waals surface area contributed by atoms with Crippen molar-refractivity contribution < 1.29 is 9.85 Å². The van der Waals surface area contributed by atoms with E-state index in [1.54, 1.807) is 24.5 Å². The van der Waals surface area contributed by atoms with Gasteiger partial charge >= 0.3 is 0 Å². The first-order valence-electron chi connectivity index (χ1n) is 9.64. The molecule has 0 N–H and O–H groups in total. The molecule has 0 unspecified atom stereocenters. The van der Waals surface area contributed by atoms with Crippen molar-refractivity contribution in [3.63, 3.8) is 0 Å². The second-order valence-corrected chi connectivity index (χ2v) is 9.85. The molecule has 2 aromatic heterocycles. The van der Waals surface area contributed by atoms with Crippen LogP contribution in [0.3, 0.4) is 0 Å². The van der Waals surface area contributed by atoms with E-state index in [1.807, 2.05) is 0 Å². The fourth-order valence-electron chi connectivity index (χ4n) is 2.81. The van der Waals surface area contributed by atoms with Gasteiger partial charge in [0.25, 0.3) is 11.4 Å². The zero-order chi connectivity index (χ0) is 24.9. The first-order chi connectivity index (χ1) is 16.8. The van der Waals surface area contributed by atoms with Crippen molar-refractivity contribution in [1.82, 2.24) is 9.97 Å². The van der Waals surface area contributed by atoms with Gasteiger partial charge in [-0.2, -0.15) is 0 Å². The van der Waals surface area contributed by atoms with Crippen molar-refractivity contribution in [2.24, 2.45) is 9.98 Å². The van der Waals surface area contributed by atoms with E-state index in [4.69, 9.17) is 23.2 Å². The van der Waals surface area contributed by atoms with Crippen molar-refractivity contribution in [3.8, 4) is 0 Å². The molecule has 0 aliphatic carbocycles. The van der Waals surface area contributed by atoms with Gasteiger partial charge in [0.05, 0.1) is 9.85 Å². The number of hydrogen-bond acceptors (Lipinski definition) is 10. The van der Waals surface area contributed by atoms with Gasteiger partial charge < -0.3 is 0 Å². The molecule has 176 valence electrons. The Bertz CT molecular complexity index is 1370. The monoisotopic (exact) mass is 546 g/mol. The van der Waals surface area contributed by atoms with E-state index < -0.39 is 9.85 Å². The minimum atomic E-state index is -0.548. The number of nitro benzene ring substituents is 2. The highest BCUT2D eigenvalue weighted by molar-refractivity contribution is 7.16. The van der Waals surface area contributed by atoms with Gasteiger partial charge in [-0.1, -0.05) is 58.0 Å². The maximum atomic E-state index is 11.0. The molecule has 35 heavy (non-hydrogen) atoms. The normalized spacial score (nSPS) is 11.5. The topological polar surface area (TPSA) is 137 Å². The molecule has 0 atom stereocenters. The van der Waals surface area contributed by atoms with E-state index in [0.29, 0.717) is 27.8 Å². The molecule has 0 saturated carbocycles. The van der Waals surface area contributed by atoms with Crippen molar-refractivity contribution >= 4 is 79.9 Å². The lowest BCUT2D eigenvalue weighted by atomic mass is 10.2. The minimum absolute atomic E-state index is 0.0615. The number of halogens is 2. The quantitative estimate of drug-likeness (QED) is 0.135. The summed E-state index contributed by atoms with van der Waals surface area (Å²) in [4.78, 5) is 39.9. The summed E-state index contributed by atoms with van der Waals surface area (Å²) in [6, 6.07) is 8.87. The van der Waals surface area contributed by atoms with Gasteiger partial charge in [0, 0.05) is 53.1 Å². The highest BCUT2D eigenvalue weighted by Gasteiger charge is 2.13. The number of aliphatic imine (C=N–C) groups is 2. The zero-order valence-electron chi connectivity index (χ0n) is 17.4. The van der Waals surface area contributed by atoms with E-state index >= 15 is 0 Å². The second kappa shape index (κ2) is 10.8. The molecule has 0 spiro atoms. The fourth-order valence-corrected chi connectivity index (χ4v) is 4.83. The van der Waals surface area contributed by atoms with E-state index in [0.717, 1.165) is 9.75 Å². The molecular formula is C21H12Cl2N6O4S2. The van der Waals surface area contributed by atoms with Crippen LogP contribution in [0.4, 0.5) is 21.6 Å². The lowest BCUT2D eigenvalue weighted by molar-refractivity contribution is -0.384. The number of hydrogen-bond donors (Lipinski definition) is 0. The van der Waals surface area contributed by atoms with E-state index in [9.17, 15) is 20.2 Å². The maximum Gasteiger partial charge on any atom is 0.288 e. The molecule has 0 fully saturated rings. The molecule has 10 nitrogen and oxygen atoms in total. The number of nitrogens with zero attached hydrogens (tertiary/aromatic N) is 6. The average molecular weight is 547 g/mol. The summed E-state index contributed by atoms with van der Waals surface area (Å²) in [5, 5.41) is 23.2. The summed E-state index contributed by atoms with van der Waals surface area (Å²) >= 11 is 14.4. The largest absolute Gasteiger partial charge is 0.288 e. The summed E-state index contributed by atoms with van der Waals surface area (Å²) in [5.74, 6) is 0. The molecule has 4 aromatic rings. The van der Waals surface area contributed by atoms with E-state index in [-0.39, 0.29) is 21.4 Å². The summed E-state index contributed by atoms with van der Waals surface area (Å²) in [7, 11) is 0. The predicted octanol–water partition coefficient (Wildman–Crippen LogP) is 6.81. The van der Waals surface area contributed by atoms with Crippen LogP contribution in [0.2, 0.25) is 10.0 Å². The third kappa shape index (κ3) is 6.31. The van der Waals surface area contributed by atoms with Crippen molar-refractivity contribution in [2.45, 2.75) is 6.42 Å². The molecule has 0 saturated heterocycles. The molecule has 2 heterocycles. The molecule has 0 radical (unpaired) electrons. The van der Waals surface area contributed by atoms with Crippen molar-refractivity contribution in [2.75, 3.05) is 0 Å². The van der Waals surface area contributed by atoms with Crippen LogP contribution in [0.15, 0.2) is 58.8 Å². The lowest BCUT2D eigenvalue weighted by Gasteiger charge is -1.96. The SMILES string of the molecule is O=[N+]([O-])c1cc(/C=N/c2ncc(Cc3cnc(/N=C/c4ccc(Cl)c([N+](=O)[O-])c4)s3)s2)ccc1Cl. The van der Waals surface area contributed by atoms with Crippen LogP contribution in [-0.4, -0.2) is 32.2 Å². The second-order valence-electron chi connectivity index (χ2n) is 6.85. The van der Waals surface area contributed by atoms with Crippen LogP contribution in [0.1, 0.15) is 20.9 Å². The number of nitro groups is 2. The first-order valence-corrected chi connectivity index (χ1v) is 12.0. The van der Waals surface area contributed by atoms with Crippen molar-refractivity contribution in [3.05, 3.63) is 99.9 Å². The Morgan fingerprint density at radius 2 is 1.23 bits per heavy atom. The fraction of sp³-hybridized carbons (Fsp3) is 0.0476. The Kier molecular flexibility index (Phi) is 7.56. The summed E-state index contributed by atoms with van der Waals surface area (Å²) < 4.78 is 0. The number of benzene rings is 2. The van der Waals surface area contributed by atoms with Crippen LogP contribution in [0, 0.1) is 20.2 Å². The summed E-state index contributed by atoms with van der Waals surface area (Å²) in [5.41, 5.74) is 0.699.